The van der Waals surface area contributed by atoms with Gasteiger partial charge in [0.15, 0.2) is 0 Å². The highest BCUT2D eigenvalue weighted by atomic mass is 19.1. The Labute approximate surface area is 160 Å². The molecule has 146 valence electrons. The van der Waals surface area contributed by atoms with E-state index in [-0.39, 0.29) is 23.6 Å². The molecule has 1 aliphatic heterocycles. The lowest BCUT2D eigenvalue weighted by Gasteiger charge is -2.28. The lowest BCUT2D eigenvalue weighted by molar-refractivity contribution is -0.126. The Morgan fingerprint density at radius 2 is 1.96 bits per heavy atom. The number of carbonyl (C=O) groups is 1. The maximum Gasteiger partial charge on any atom is 0.223 e. The normalized spacial score (nSPS) is 22.3. The molecule has 27 heavy (non-hydrogen) atoms. The number of halogens is 2. The van der Waals surface area contributed by atoms with Crippen molar-refractivity contribution in [3.8, 4) is 0 Å². The molecule has 1 heterocycles. The van der Waals surface area contributed by atoms with Crippen molar-refractivity contribution >= 4 is 5.91 Å². The minimum atomic E-state index is -0.938. The van der Waals surface area contributed by atoms with Crippen LogP contribution >= 0.6 is 0 Å². The Kier molecular flexibility index (Phi) is 6.78. The molecule has 1 amide bonds. The van der Waals surface area contributed by atoms with Crippen LogP contribution in [0.15, 0.2) is 48.1 Å². The maximum absolute atomic E-state index is 13.4. The van der Waals surface area contributed by atoms with Gasteiger partial charge >= 0.3 is 0 Å². The summed E-state index contributed by atoms with van der Waals surface area (Å²) in [6, 6.07) is 6.44. The van der Waals surface area contributed by atoms with Crippen molar-refractivity contribution in [3.05, 3.63) is 59.4 Å². The summed E-state index contributed by atoms with van der Waals surface area (Å²) in [5.74, 6) is -0.0401. The number of likely N-dealkylation sites (tertiary alicyclic amines) is 1. The quantitative estimate of drug-likeness (QED) is 0.817. The van der Waals surface area contributed by atoms with Crippen molar-refractivity contribution in [3.63, 3.8) is 0 Å². The molecule has 0 radical (unpaired) electrons. The van der Waals surface area contributed by atoms with Gasteiger partial charge in [-0.1, -0.05) is 30.4 Å². The van der Waals surface area contributed by atoms with E-state index >= 15 is 0 Å². The van der Waals surface area contributed by atoms with E-state index in [0.29, 0.717) is 19.4 Å². The van der Waals surface area contributed by atoms with Crippen LogP contribution in [0.4, 0.5) is 8.78 Å². The Hall–Kier alpha value is -2.01. The molecule has 0 bridgehead atoms. The van der Waals surface area contributed by atoms with Crippen LogP contribution in [0, 0.1) is 11.7 Å². The predicted octanol–water partition coefficient (Wildman–Crippen LogP) is 3.98. The molecule has 1 aromatic rings. The van der Waals surface area contributed by atoms with E-state index < -0.39 is 6.17 Å². The first kappa shape index (κ1) is 19.7. The fourth-order valence-corrected chi connectivity index (χ4v) is 3.84. The van der Waals surface area contributed by atoms with Crippen LogP contribution in [0.25, 0.3) is 0 Å². The highest BCUT2D eigenvalue weighted by molar-refractivity contribution is 5.78. The molecule has 2 aliphatic rings. The second-order valence-corrected chi connectivity index (χ2v) is 7.58. The summed E-state index contributed by atoms with van der Waals surface area (Å²) in [5.41, 5.74) is 2.02. The highest BCUT2D eigenvalue weighted by Gasteiger charge is 2.24. The van der Waals surface area contributed by atoms with E-state index in [4.69, 9.17) is 0 Å². The Balaban J connectivity index is 1.61. The van der Waals surface area contributed by atoms with Crippen molar-refractivity contribution < 1.29 is 13.6 Å². The van der Waals surface area contributed by atoms with Crippen LogP contribution < -0.4 is 5.32 Å². The number of hydrogen-bond acceptors (Lipinski definition) is 2. The summed E-state index contributed by atoms with van der Waals surface area (Å²) in [4.78, 5) is 14.7. The molecule has 2 atom stereocenters. The Bertz CT molecular complexity index is 691. The second-order valence-electron chi connectivity index (χ2n) is 7.58. The zero-order valence-electron chi connectivity index (χ0n) is 15.8. The number of nitrogens with zero attached hydrogens (tertiary/aromatic N) is 1. The van der Waals surface area contributed by atoms with E-state index in [1.54, 1.807) is 18.2 Å². The smallest absolute Gasteiger partial charge is 0.223 e. The van der Waals surface area contributed by atoms with Crippen molar-refractivity contribution in [2.75, 3.05) is 26.7 Å². The third-order valence-corrected chi connectivity index (χ3v) is 5.57. The summed E-state index contributed by atoms with van der Waals surface area (Å²) in [6.45, 7) is 2.47. The van der Waals surface area contributed by atoms with E-state index in [1.807, 2.05) is 12.2 Å². The predicted molar refractivity (Wildman–Crippen MR) is 104 cm³/mol. The first-order valence-electron chi connectivity index (χ1n) is 9.77. The third-order valence-electron chi connectivity index (χ3n) is 5.57. The SMILES string of the molecule is CN1CCC(C(=O)NCCC(C2=CCC(F)C=C2)c2ccc(F)cc2)CC1. The first-order chi connectivity index (χ1) is 13.0. The maximum atomic E-state index is 13.4. The molecule has 1 saturated heterocycles. The molecule has 2 unspecified atom stereocenters. The molecule has 5 heteroatoms. The summed E-state index contributed by atoms with van der Waals surface area (Å²) in [6.07, 6.45) is 7.24. The van der Waals surface area contributed by atoms with E-state index in [9.17, 15) is 13.6 Å². The lowest BCUT2D eigenvalue weighted by atomic mass is 9.85. The van der Waals surface area contributed by atoms with Gasteiger partial charge in [-0.3, -0.25) is 4.79 Å². The summed E-state index contributed by atoms with van der Waals surface area (Å²) in [5, 5.41) is 3.07. The number of carbonyl (C=O) groups excluding carboxylic acids is 1. The van der Waals surface area contributed by atoms with Crippen LogP contribution in [-0.2, 0) is 4.79 Å². The van der Waals surface area contributed by atoms with Gasteiger partial charge in [0.2, 0.25) is 5.91 Å². The molecular formula is C22H28F2N2O. The van der Waals surface area contributed by atoms with Crippen molar-refractivity contribution in [2.24, 2.45) is 5.92 Å². The Morgan fingerprint density at radius 1 is 1.26 bits per heavy atom. The van der Waals surface area contributed by atoms with Gasteiger partial charge in [-0.15, -0.1) is 0 Å². The number of benzene rings is 1. The van der Waals surface area contributed by atoms with E-state index in [0.717, 1.165) is 37.1 Å². The van der Waals surface area contributed by atoms with Gasteiger partial charge < -0.3 is 10.2 Å². The summed E-state index contributed by atoms with van der Waals surface area (Å²) >= 11 is 0. The molecule has 1 N–H and O–H groups in total. The van der Waals surface area contributed by atoms with Gasteiger partial charge in [0.25, 0.3) is 0 Å². The standard InChI is InChI=1S/C22H28F2N2O/c1-26-14-11-18(12-15-26)22(27)25-13-10-21(16-2-6-19(23)7-3-16)17-4-8-20(24)9-5-17/h2-8,18,20-21H,9-15H2,1H3,(H,25,27). The average Bonchev–Trinajstić information content (AvgIpc) is 2.67. The van der Waals surface area contributed by atoms with Gasteiger partial charge in [0, 0.05) is 24.8 Å². The average molecular weight is 374 g/mol. The molecule has 0 aromatic heterocycles. The third kappa shape index (κ3) is 5.48. The molecule has 0 saturated carbocycles. The zero-order valence-corrected chi connectivity index (χ0v) is 15.8. The van der Waals surface area contributed by atoms with Crippen LogP contribution in [0.2, 0.25) is 0 Å². The van der Waals surface area contributed by atoms with Crippen LogP contribution in [0.1, 0.15) is 37.2 Å². The van der Waals surface area contributed by atoms with Crippen molar-refractivity contribution in [1.29, 1.82) is 0 Å². The number of allylic oxidation sites excluding steroid dienone is 4. The molecule has 0 spiro atoms. The molecule has 3 nitrogen and oxygen atoms in total. The number of amides is 1. The number of nitrogens with one attached hydrogen (secondary N) is 1. The number of piperidine rings is 1. The lowest BCUT2D eigenvalue weighted by Crippen LogP contribution is -2.39. The van der Waals surface area contributed by atoms with Gasteiger partial charge in [0.1, 0.15) is 12.0 Å². The highest BCUT2D eigenvalue weighted by Crippen LogP contribution is 2.31. The van der Waals surface area contributed by atoms with E-state index in [1.165, 1.54) is 12.1 Å². The molecule has 1 aliphatic carbocycles. The molecule has 3 rings (SSSR count). The topological polar surface area (TPSA) is 32.3 Å². The minimum absolute atomic E-state index is 0.0205. The van der Waals surface area contributed by atoms with Gasteiger partial charge in [-0.2, -0.15) is 0 Å². The van der Waals surface area contributed by atoms with Crippen LogP contribution in [0.5, 0.6) is 0 Å². The monoisotopic (exact) mass is 374 g/mol. The minimum Gasteiger partial charge on any atom is -0.356 e. The molecule has 1 aromatic carbocycles. The van der Waals surface area contributed by atoms with E-state index in [2.05, 4.69) is 17.3 Å². The largest absolute Gasteiger partial charge is 0.356 e. The number of hydrogen-bond donors (Lipinski definition) is 1. The second kappa shape index (κ2) is 9.27. The van der Waals surface area contributed by atoms with Crippen LogP contribution in [-0.4, -0.2) is 43.7 Å². The Morgan fingerprint density at radius 3 is 2.59 bits per heavy atom. The zero-order chi connectivity index (χ0) is 19.2. The summed E-state index contributed by atoms with van der Waals surface area (Å²) < 4.78 is 26.7. The molecule has 1 fully saturated rings. The van der Waals surface area contributed by atoms with Crippen molar-refractivity contribution in [2.45, 2.75) is 37.8 Å². The summed E-state index contributed by atoms with van der Waals surface area (Å²) in [7, 11) is 2.08. The van der Waals surface area contributed by atoms with Crippen molar-refractivity contribution in [1.82, 2.24) is 10.2 Å². The number of rotatable bonds is 6. The van der Waals surface area contributed by atoms with Gasteiger partial charge in [-0.05, 0) is 62.7 Å². The number of alkyl halides is 1. The van der Waals surface area contributed by atoms with Crippen LogP contribution in [0.3, 0.4) is 0 Å². The van der Waals surface area contributed by atoms with Gasteiger partial charge in [0.05, 0.1) is 0 Å². The first-order valence-corrected chi connectivity index (χ1v) is 9.77. The fourth-order valence-electron chi connectivity index (χ4n) is 3.84. The molecular weight excluding hydrogens is 346 g/mol. The fraction of sp³-hybridized carbons (Fsp3) is 0.500. The van der Waals surface area contributed by atoms with Gasteiger partial charge in [-0.25, -0.2) is 8.78 Å².